The van der Waals surface area contributed by atoms with Gasteiger partial charge in [0.15, 0.2) is 12.4 Å². The summed E-state index contributed by atoms with van der Waals surface area (Å²) in [7, 11) is 0. The minimum absolute atomic E-state index is 0.0281. The number of nitrogens with two attached hydrogens (primary N) is 1. The highest BCUT2D eigenvalue weighted by Gasteiger charge is 2.15. The summed E-state index contributed by atoms with van der Waals surface area (Å²) in [6.07, 6.45) is 0. The van der Waals surface area contributed by atoms with Crippen molar-refractivity contribution in [3.05, 3.63) is 59.4 Å². The number of nitrogens with one attached hydrogen (secondary N) is 1. The molecule has 9 heteroatoms. The Labute approximate surface area is 154 Å². The maximum atomic E-state index is 12.1. The highest BCUT2D eigenvalue weighted by molar-refractivity contribution is 5.92. The molecule has 0 atom stereocenters. The van der Waals surface area contributed by atoms with Crippen LogP contribution >= 0.6 is 0 Å². The van der Waals surface area contributed by atoms with Gasteiger partial charge < -0.3 is 26.0 Å². The van der Waals surface area contributed by atoms with Crippen LogP contribution in [0, 0.1) is 6.92 Å². The minimum Gasteiger partial charge on any atom is -0.508 e. The predicted molar refractivity (Wildman–Crippen MR) is 97.6 cm³/mol. The van der Waals surface area contributed by atoms with Crippen molar-refractivity contribution in [1.29, 1.82) is 0 Å². The normalized spacial score (nSPS) is 10.4. The van der Waals surface area contributed by atoms with Gasteiger partial charge in [-0.05, 0) is 30.7 Å². The van der Waals surface area contributed by atoms with E-state index in [0.717, 1.165) is 17.3 Å². The third-order valence-electron chi connectivity index (χ3n) is 3.62. The van der Waals surface area contributed by atoms with E-state index in [1.165, 1.54) is 12.1 Å². The Balaban J connectivity index is 1.73. The van der Waals surface area contributed by atoms with Crippen LogP contribution in [0.1, 0.15) is 21.7 Å². The zero-order valence-electron chi connectivity index (χ0n) is 14.4. The zero-order chi connectivity index (χ0) is 19.4. The molecule has 0 aliphatic rings. The van der Waals surface area contributed by atoms with Crippen LogP contribution in [0.5, 0.6) is 11.5 Å². The molecule has 2 aromatic carbocycles. The van der Waals surface area contributed by atoms with E-state index < -0.39 is 11.7 Å². The third kappa shape index (κ3) is 4.40. The number of ether oxygens (including phenoxy) is 1. The predicted octanol–water partition coefficient (Wildman–Crippen LogP) is 2.27. The van der Waals surface area contributed by atoms with Gasteiger partial charge in [0.1, 0.15) is 17.1 Å². The standard InChI is InChI=1S/C18H17N5O4/c1-10-4-2-3-5-13(10)20-18-22-15(21-17(19)23-18)9-27-16(26)12-7-6-11(24)8-14(12)25/h2-8,24-25H,9H2,1H3,(H3,19,20,21,22,23). The lowest BCUT2D eigenvalue weighted by molar-refractivity contribution is 0.0459. The van der Waals surface area contributed by atoms with Crippen molar-refractivity contribution in [1.82, 2.24) is 15.0 Å². The van der Waals surface area contributed by atoms with Gasteiger partial charge in [-0.3, -0.25) is 0 Å². The van der Waals surface area contributed by atoms with Crippen LogP contribution in [0.3, 0.4) is 0 Å². The number of phenolic OH excluding ortho intramolecular Hbond substituents is 2. The number of nitrogen functional groups attached to an aromatic ring is 1. The molecular formula is C18H17N5O4. The molecule has 0 bridgehead atoms. The number of carbonyl (C=O) groups excluding carboxylic acids is 1. The van der Waals surface area contributed by atoms with Crippen LogP contribution in [0.25, 0.3) is 0 Å². The number of nitrogens with zero attached hydrogens (tertiary/aromatic N) is 3. The lowest BCUT2D eigenvalue weighted by Gasteiger charge is -2.10. The van der Waals surface area contributed by atoms with Gasteiger partial charge in [-0.25, -0.2) is 4.79 Å². The molecule has 5 N–H and O–H groups in total. The maximum absolute atomic E-state index is 12.1. The van der Waals surface area contributed by atoms with Crippen molar-refractivity contribution in [3.8, 4) is 11.5 Å². The van der Waals surface area contributed by atoms with E-state index in [2.05, 4.69) is 20.3 Å². The van der Waals surface area contributed by atoms with E-state index in [1.54, 1.807) is 0 Å². The van der Waals surface area contributed by atoms with Crippen LogP contribution in [0.15, 0.2) is 42.5 Å². The molecule has 138 valence electrons. The fraction of sp³-hybridized carbons (Fsp3) is 0.111. The third-order valence-corrected chi connectivity index (χ3v) is 3.62. The van der Waals surface area contributed by atoms with Crippen LogP contribution in [0.4, 0.5) is 17.6 Å². The van der Waals surface area contributed by atoms with Crippen molar-refractivity contribution in [3.63, 3.8) is 0 Å². The molecule has 0 saturated carbocycles. The van der Waals surface area contributed by atoms with E-state index in [0.29, 0.717) is 0 Å². The topological polar surface area (TPSA) is 143 Å². The van der Waals surface area contributed by atoms with Crippen molar-refractivity contribution in [2.75, 3.05) is 11.1 Å². The Morgan fingerprint density at radius 3 is 2.67 bits per heavy atom. The SMILES string of the molecule is Cc1ccccc1Nc1nc(N)nc(COC(=O)c2ccc(O)cc2O)n1. The number of hydrogen-bond donors (Lipinski definition) is 4. The second-order valence-corrected chi connectivity index (χ2v) is 5.65. The van der Waals surface area contributed by atoms with Gasteiger partial charge in [0.05, 0.1) is 0 Å². The summed E-state index contributed by atoms with van der Waals surface area (Å²) in [6.45, 7) is 1.66. The number of aromatic hydroxyl groups is 2. The van der Waals surface area contributed by atoms with Crippen molar-refractivity contribution in [2.24, 2.45) is 0 Å². The van der Waals surface area contributed by atoms with Gasteiger partial charge >= 0.3 is 5.97 Å². The molecule has 0 fully saturated rings. The summed E-state index contributed by atoms with van der Waals surface area (Å²) in [4.78, 5) is 24.2. The second-order valence-electron chi connectivity index (χ2n) is 5.65. The number of rotatable bonds is 5. The fourth-order valence-electron chi connectivity index (χ4n) is 2.29. The number of hydrogen-bond acceptors (Lipinski definition) is 9. The number of esters is 1. The van der Waals surface area contributed by atoms with Crippen LogP contribution in [-0.4, -0.2) is 31.1 Å². The quantitative estimate of drug-likeness (QED) is 0.499. The Bertz CT molecular complexity index is 993. The van der Waals surface area contributed by atoms with Crippen LogP contribution in [-0.2, 0) is 11.3 Å². The van der Waals surface area contributed by atoms with Gasteiger partial charge in [0.25, 0.3) is 0 Å². The van der Waals surface area contributed by atoms with Crippen molar-refractivity contribution < 1.29 is 19.7 Å². The first-order valence-corrected chi connectivity index (χ1v) is 7.94. The van der Waals surface area contributed by atoms with E-state index in [1.807, 2.05) is 31.2 Å². The molecule has 1 heterocycles. The molecule has 9 nitrogen and oxygen atoms in total. The number of phenols is 2. The number of aromatic nitrogens is 3. The fourth-order valence-corrected chi connectivity index (χ4v) is 2.29. The van der Waals surface area contributed by atoms with Crippen LogP contribution in [0.2, 0.25) is 0 Å². The molecule has 0 amide bonds. The Morgan fingerprint density at radius 1 is 1.15 bits per heavy atom. The molecule has 0 aliphatic heterocycles. The monoisotopic (exact) mass is 367 g/mol. The van der Waals surface area contributed by atoms with E-state index in [-0.39, 0.29) is 35.6 Å². The summed E-state index contributed by atoms with van der Waals surface area (Å²) in [5.74, 6) is -1.02. The van der Waals surface area contributed by atoms with Gasteiger partial charge in [0, 0.05) is 11.8 Å². The number of aryl methyl sites for hydroxylation is 1. The summed E-state index contributed by atoms with van der Waals surface area (Å²) in [6, 6.07) is 11.1. The largest absolute Gasteiger partial charge is 0.508 e. The molecule has 0 unspecified atom stereocenters. The van der Waals surface area contributed by atoms with Crippen molar-refractivity contribution >= 4 is 23.6 Å². The molecule has 0 radical (unpaired) electrons. The molecule has 0 spiro atoms. The molecule has 27 heavy (non-hydrogen) atoms. The zero-order valence-corrected chi connectivity index (χ0v) is 14.4. The maximum Gasteiger partial charge on any atom is 0.342 e. The summed E-state index contributed by atoms with van der Waals surface area (Å²) >= 11 is 0. The molecule has 1 aromatic heterocycles. The molecule has 3 aromatic rings. The van der Waals surface area contributed by atoms with Gasteiger partial charge in [0.2, 0.25) is 11.9 Å². The molecule has 0 saturated heterocycles. The number of benzene rings is 2. The molecule has 3 rings (SSSR count). The number of carbonyl (C=O) groups is 1. The Morgan fingerprint density at radius 2 is 1.93 bits per heavy atom. The number of anilines is 3. The number of para-hydroxylation sites is 1. The summed E-state index contributed by atoms with van der Waals surface area (Å²) < 4.78 is 5.10. The first-order chi connectivity index (χ1) is 12.9. The first-order valence-electron chi connectivity index (χ1n) is 7.94. The van der Waals surface area contributed by atoms with Gasteiger partial charge in [-0.1, -0.05) is 18.2 Å². The Hall–Kier alpha value is -3.88. The van der Waals surface area contributed by atoms with Crippen LogP contribution < -0.4 is 11.1 Å². The summed E-state index contributed by atoms with van der Waals surface area (Å²) in [5.41, 5.74) is 7.41. The minimum atomic E-state index is -0.792. The lowest BCUT2D eigenvalue weighted by atomic mass is 10.2. The van der Waals surface area contributed by atoms with Gasteiger partial charge in [-0.2, -0.15) is 15.0 Å². The smallest absolute Gasteiger partial charge is 0.342 e. The highest BCUT2D eigenvalue weighted by Crippen LogP contribution is 2.23. The first kappa shape index (κ1) is 17.9. The van der Waals surface area contributed by atoms with E-state index >= 15 is 0 Å². The highest BCUT2D eigenvalue weighted by atomic mass is 16.5. The molecule has 0 aliphatic carbocycles. The molecular weight excluding hydrogens is 350 g/mol. The van der Waals surface area contributed by atoms with E-state index in [9.17, 15) is 15.0 Å². The average Bonchev–Trinajstić information content (AvgIpc) is 2.61. The average molecular weight is 367 g/mol. The lowest BCUT2D eigenvalue weighted by Crippen LogP contribution is -2.11. The van der Waals surface area contributed by atoms with E-state index in [4.69, 9.17) is 10.5 Å². The second kappa shape index (κ2) is 7.56. The van der Waals surface area contributed by atoms with Gasteiger partial charge in [-0.15, -0.1) is 0 Å². The Kier molecular flexibility index (Phi) is 5.02. The summed E-state index contributed by atoms with van der Waals surface area (Å²) in [5, 5.41) is 22.0. The van der Waals surface area contributed by atoms with Crippen molar-refractivity contribution in [2.45, 2.75) is 13.5 Å².